The van der Waals surface area contributed by atoms with Crippen molar-refractivity contribution in [2.45, 2.75) is 44.2 Å². The van der Waals surface area contributed by atoms with E-state index in [0.717, 1.165) is 12.8 Å². The first-order valence-corrected chi connectivity index (χ1v) is 4.84. The van der Waals surface area contributed by atoms with Gasteiger partial charge in [0, 0.05) is 12.1 Å². The van der Waals surface area contributed by atoms with Crippen LogP contribution in [0.5, 0.6) is 0 Å². The molecule has 0 saturated carbocycles. The lowest BCUT2D eigenvalue weighted by molar-refractivity contribution is 0.322. The van der Waals surface area contributed by atoms with Crippen LogP contribution in [0.3, 0.4) is 0 Å². The maximum absolute atomic E-state index is 3.77. The average molecular weight is 165 g/mol. The van der Waals surface area contributed by atoms with Gasteiger partial charge in [0.2, 0.25) is 0 Å². The van der Waals surface area contributed by atoms with Gasteiger partial charge in [0.15, 0.2) is 0 Å². The molecule has 1 nitrogen and oxygen atoms in total. The number of rotatable bonds is 4. The van der Waals surface area contributed by atoms with Crippen LogP contribution in [0.25, 0.3) is 0 Å². The molecule has 0 aromatic carbocycles. The Morgan fingerprint density at radius 1 is 1.08 bits per heavy atom. The van der Waals surface area contributed by atoms with E-state index in [9.17, 15) is 0 Å². The molecule has 1 N–H and O–H groups in total. The number of hydrogen-bond acceptors (Lipinski definition) is 1. The van der Waals surface area contributed by atoms with Gasteiger partial charge in [-0.2, -0.15) is 0 Å². The van der Waals surface area contributed by atoms with E-state index in [1.165, 1.54) is 19.3 Å². The summed E-state index contributed by atoms with van der Waals surface area (Å²) in [7, 11) is 0. The van der Waals surface area contributed by atoms with Gasteiger partial charge in [-0.1, -0.05) is 18.6 Å². The number of piperidine rings is 1. The molecule has 1 aliphatic rings. The van der Waals surface area contributed by atoms with Gasteiger partial charge in [-0.3, -0.25) is 0 Å². The summed E-state index contributed by atoms with van der Waals surface area (Å²) < 4.78 is 0. The third kappa shape index (κ3) is 2.82. The zero-order chi connectivity index (χ0) is 8.81. The molecule has 68 valence electrons. The molecule has 1 heterocycles. The van der Waals surface area contributed by atoms with Gasteiger partial charge in [-0.15, -0.1) is 13.2 Å². The van der Waals surface area contributed by atoms with Crippen LogP contribution in [0.4, 0.5) is 0 Å². The van der Waals surface area contributed by atoms with Crippen molar-refractivity contribution in [3.63, 3.8) is 0 Å². The van der Waals surface area contributed by atoms with Crippen molar-refractivity contribution < 1.29 is 0 Å². The molecule has 0 aromatic rings. The van der Waals surface area contributed by atoms with E-state index in [0.29, 0.717) is 12.1 Å². The van der Waals surface area contributed by atoms with Crippen LogP contribution in [-0.4, -0.2) is 12.1 Å². The summed E-state index contributed by atoms with van der Waals surface area (Å²) >= 11 is 0. The summed E-state index contributed by atoms with van der Waals surface area (Å²) in [5.41, 5.74) is 0. The summed E-state index contributed by atoms with van der Waals surface area (Å²) in [5, 5.41) is 3.61. The highest BCUT2D eigenvalue weighted by Gasteiger charge is 2.18. The van der Waals surface area contributed by atoms with Crippen molar-refractivity contribution in [2.24, 2.45) is 0 Å². The van der Waals surface area contributed by atoms with E-state index in [2.05, 4.69) is 18.5 Å². The van der Waals surface area contributed by atoms with Crippen LogP contribution < -0.4 is 5.32 Å². The highest BCUT2D eigenvalue weighted by Crippen LogP contribution is 2.17. The van der Waals surface area contributed by atoms with E-state index in [4.69, 9.17) is 0 Å². The standard InChI is InChI=1S/C11H19N/c1-3-6-10-8-5-9-11(12-10)7-4-2/h3-4,10-12H,1-2,5-9H2. The average Bonchev–Trinajstić information content (AvgIpc) is 2.06. The Kier molecular flexibility index (Phi) is 4.09. The zero-order valence-electron chi connectivity index (χ0n) is 7.76. The maximum Gasteiger partial charge on any atom is 0.0104 e. The van der Waals surface area contributed by atoms with Gasteiger partial charge >= 0.3 is 0 Å². The van der Waals surface area contributed by atoms with Crippen LogP contribution in [0, 0.1) is 0 Å². The first-order valence-electron chi connectivity index (χ1n) is 4.84. The maximum atomic E-state index is 3.77. The quantitative estimate of drug-likeness (QED) is 0.631. The Hall–Kier alpha value is -0.560. The zero-order valence-corrected chi connectivity index (χ0v) is 7.76. The summed E-state index contributed by atoms with van der Waals surface area (Å²) in [5.74, 6) is 0. The van der Waals surface area contributed by atoms with Gasteiger partial charge in [-0.25, -0.2) is 0 Å². The Balaban J connectivity index is 2.29. The van der Waals surface area contributed by atoms with Crippen molar-refractivity contribution in [3.8, 4) is 0 Å². The molecular weight excluding hydrogens is 146 g/mol. The van der Waals surface area contributed by atoms with E-state index < -0.39 is 0 Å². The smallest absolute Gasteiger partial charge is 0.0104 e. The number of nitrogens with one attached hydrogen (secondary N) is 1. The molecule has 2 atom stereocenters. The molecular formula is C11H19N. The summed E-state index contributed by atoms with van der Waals surface area (Å²) in [6.45, 7) is 7.53. The molecule has 12 heavy (non-hydrogen) atoms. The first-order chi connectivity index (χ1) is 5.86. The van der Waals surface area contributed by atoms with Gasteiger partial charge in [0.05, 0.1) is 0 Å². The van der Waals surface area contributed by atoms with Crippen LogP contribution in [0.15, 0.2) is 25.3 Å². The lowest BCUT2D eigenvalue weighted by atomic mass is 9.95. The fourth-order valence-corrected chi connectivity index (χ4v) is 1.88. The molecule has 1 fully saturated rings. The van der Waals surface area contributed by atoms with Crippen LogP contribution in [0.2, 0.25) is 0 Å². The fourth-order valence-electron chi connectivity index (χ4n) is 1.88. The Morgan fingerprint density at radius 3 is 2.00 bits per heavy atom. The van der Waals surface area contributed by atoms with E-state index in [-0.39, 0.29) is 0 Å². The highest BCUT2D eigenvalue weighted by molar-refractivity contribution is 4.88. The van der Waals surface area contributed by atoms with Gasteiger partial charge in [0.25, 0.3) is 0 Å². The lowest BCUT2D eigenvalue weighted by Gasteiger charge is -2.29. The molecule has 0 radical (unpaired) electrons. The second kappa shape index (κ2) is 5.15. The molecule has 0 aromatic heterocycles. The van der Waals surface area contributed by atoms with Crippen molar-refractivity contribution in [1.29, 1.82) is 0 Å². The summed E-state index contributed by atoms with van der Waals surface area (Å²) in [4.78, 5) is 0. The topological polar surface area (TPSA) is 12.0 Å². The predicted molar refractivity (Wildman–Crippen MR) is 54.2 cm³/mol. The fraction of sp³-hybridized carbons (Fsp3) is 0.636. The SMILES string of the molecule is C=CCC1CCCC(CC=C)N1. The molecule has 0 spiro atoms. The van der Waals surface area contributed by atoms with Crippen molar-refractivity contribution in [3.05, 3.63) is 25.3 Å². The minimum absolute atomic E-state index is 0.668. The molecule has 0 amide bonds. The van der Waals surface area contributed by atoms with Crippen LogP contribution in [-0.2, 0) is 0 Å². The molecule has 1 heteroatoms. The third-order valence-corrected chi connectivity index (χ3v) is 2.48. The minimum atomic E-state index is 0.668. The second-order valence-corrected chi connectivity index (χ2v) is 3.54. The van der Waals surface area contributed by atoms with Crippen molar-refractivity contribution >= 4 is 0 Å². The normalized spacial score (nSPS) is 29.7. The Bertz CT molecular complexity index is 135. The van der Waals surface area contributed by atoms with Gasteiger partial charge < -0.3 is 5.32 Å². The number of hydrogen-bond donors (Lipinski definition) is 1. The Morgan fingerprint density at radius 2 is 1.58 bits per heavy atom. The summed E-state index contributed by atoms with van der Waals surface area (Å²) in [6.07, 6.45) is 10.2. The Labute approximate surface area is 75.6 Å². The van der Waals surface area contributed by atoms with E-state index >= 15 is 0 Å². The van der Waals surface area contributed by atoms with Gasteiger partial charge in [-0.05, 0) is 25.7 Å². The summed E-state index contributed by atoms with van der Waals surface area (Å²) in [6, 6.07) is 1.34. The minimum Gasteiger partial charge on any atom is -0.311 e. The monoisotopic (exact) mass is 165 g/mol. The van der Waals surface area contributed by atoms with Crippen molar-refractivity contribution in [2.75, 3.05) is 0 Å². The predicted octanol–water partition coefficient (Wildman–Crippen LogP) is 2.65. The van der Waals surface area contributed by atoms with Crippen molar-refractivity contribution in [1.82, 2.24) is 5.32 Å². The molecule has 1 rings (SSSR count). The largest absolute Gasteiger partial charge is 0.311 e. The highest BCUT2D eigenvalue weighted by atomic mass is 15.0. The van der Waals surface area contributed by atoms with E-state index in [1.54, 1.807) is 0 Å². The molecule has 0 bridgehead atoms. The lowest BCUT2D eigenvalue weighted by Crippen LogP contribution is -2.41. The van der Waals surface area contributed by atoms with Crippen LogP contribution >= 0.6 is 0 Å². The molecule has 1 aliphatic heterocycles. The third-order valence-electron chi connectivity index (χ3n) is 2.48. The van der Waals surface area contributed by atoms with Gasteiger partial charge in [0.1, 0.15) is 0 Å². The molecule has 1 saturated heterocycles. The molecule has 2 unspecified atom stereocenters. The first kappa shape index (κ1) is 9.53. The van der Waals surface area contributed by atoms with E-state index in [1.807, 2.05) is 12.2 Å². The van der Waals surface area contributed by atoms with Crippen LogP contribution in [0.1, 0.15) is 32.1 Å². The second-order valence-electron chi connectivity index (χ2n) is 3.54. The molecule has 0 aliphatic carbocycles.